The molecular formula is C12H20BrNO2. The second kappa shape index (κ2) is 6.01. The first-order valence-electron chi connectivity index (χ1n) is 6.28. The summed E-state index contributed by atoms with van der Waals surface area (Å²) in [5, 5.41) is 0. The first kappa shape index (κ1) is 12.4. The fourth-order valence-electron chi connectivity index (χ4n) is 2.01. The average molecular weight is 290 g/mol. The summed E-state index contributed by atoms with van der Waals surface area (Å²) >= 11 is 3.42. The van der Waals surface area contributed by atoms with E-state index in [1.807, 2.05) is 4.90 Å². The van der Waals surface area contributed by atoms with Crippen LogP contribution < -0.4 is 0 Å². The van der Waals surface area contributed by atoms with E-state index in [2.05, 4.69) is 15.9 Å². The molecule has 0 bridgehead atoms. The molecule has 1 aliphatic carbocycles. The van der Waals surface area contributed by atoms with E-state index < -0.39 is 0 Å². The molecule has 1 atom stereocenters. The molecule has 1 amide bonds. The van der Waals surface area contributed by atoms with Crippen LogP contribution in [0.4, 0.5) is 0 Å². The van der Waals surface area contributed by atoms with Crippen molar-refractivity contribution in [2.24, 2.45) is 5.92 Å². The van der Waals surface area contributed by atoms with E-state index in [9.17, 15) is 4.79 Å². The number of carbonyl (C=O) groups is 1. The van der Waals surface area contributed by atoms with Crippen LogP contribution in [0, 0.1) is 5.92 Å². The summed E-state index contributed by atoms with van der Waals surface area (Å²) in [5.41, 5.74) is 0. The van der Waals surface area contributed by atoms with E-state index in [1.165, 1.54) is 12.8 Å². The van der Waals surface area contributed by atoms with Crippen molar-refractivity contribution in [2.75, 3.05) is 26.3 Å². The van der Waals surface area contributed by atoms with Gasteiger partial charge in [0.25, 0.3) is 0 Å². The monoisotopic (exact) mass is 289 g/mol. The molecule has 1 unspecified atom stereocenters. The minimum atomic E-state index is 0.0497. The number of hydrogen-bond acceptors (Lipinski definition) is 2. The van der Waals surface area contributed by atoms with E-state index in [-0.39, 0.29) is 10.7 Å². The van der Waals surface area contributed by atoms with Crippen LogP contribution in [0.25, 0.3) is 0 Å². The Hall–Kier alpha value is -0.0900. The van der Waals surface area contributed by atoms with Crippen LogP contribution in [0.3, 0.4) is 0 Å². The molecule has 3 nitrogen and oxygen atoms in total. The summed E-state index contributed by atoms with van der Waals surface area (Å²) in [4.78, 5) is 13.8. The molecular weight excluding hydrogens is 270 g/mol. The molecule has 4 heteroatoms. The molecule has 0 spiro atoms. The molecule has 92 valence electrons. The Balaban J connectivity index is 1.55. The van der Waals surface area contributed by atoms with Crippen LogP contribution in [0.5, 0.6) is 0 Å². The second-order valence-electron chi connectivity index (χ2n) is 4.81. The normalized spacial score (nSPS) is 26.2. The van der Waals surface area contributed by atoms with Gasteiger partial charge in [0.05, 0.1) is 4.83 Å². The number of carbonyl (C=O) groups excluding carboxylic acids is 1. The van der Waals surface area contributed by atoms with Gasteiger partial charge in [-0.15, -0.1) is 0 Å². The minimum absolute atomic E-state index is 0.0497. The van der Waals surface area contributed by atoms with Gasteiger partial charge in [-0.25, -0.2) is 0 Å². The van der Waals surface area contributed by atoms with Crippen LogP contribution in [0.15, 0.2) is 0 Å². The summed E-state index contributed by atoms with van der Waals surface area (Å²) in [6.07, 6.45) is 5.75. The minimum Gasteiger partial charge on any atom is -0.381 e. The first-order valence-corrected chi connectivity index (χ1v) is 7.19. The molecule has 2 aliphatic rings. The molecule has 1 heterocycles. The number of alkyl halides is 1. The van der Waals surface area contributed by atoms with Crippen molar-refractivity contribution >= 4 is 21.8 Å². The van der Waals surface area contributed by atoms with Gasteiger partial charge >= 0.3 is 0 Å². The molecule has 1 saturated heterocycles. The third-order valence-electron chi connectivity index (χ3n) is 3.23. The van der Waals surface area contributed by atoms with Gasteiger partial charge in [-0.05, 0) is 38.0 Å². The number of halogens is 1. The fourth-order valence-corrected chi connectivity index (χ4v) is 2.62. The predicted octanol–water partition coefficient (Wildman–Crippen LogP) is 2.19. The number of likely N-dealkylation sites (tertiary alicyclic amines) is 1. The van der Waals surface area contributed by atoms with Gasteiger partial charge in [-0.2, -0.15) is 0 Å². The number of rotatable bonds is 6. The van der Waals surface area contributed by atoms with E-state index in [4.69, 9.17) is 4.74 Å². The third-order valence-corrected chi connectivity index (χ3v) is 4.08. The lowest BCUT2D eigenvalue weighted by Crippen LogP contribution is -2.42. The Bertz CT molecular complexity index is 243. The number of nitrogens with zero attached hydrogens (tertiary/aromatic N) is 1. The zero-order chi connectivity index (χ0) is 11.4. The summed E-state index contributed by atoms with van der Waals surface area (Å²) in [6, 6.07) is 0. The van der Waals surface area contributed by atoms with E-state index >= 15 is 0 Å². The first-order chi connectivity index (χ1) is 7.77. The van der Waals surface area contributed by atoms with Crippen LogP contribution >= 0.6 is 15.9 Å². The van der Waals surface area contributed by atoms with E-state index in [0.717, 1.165) is 51.5 Å². The highest BCUT2D eigenvalue weighted by Gasteiger charge is 2.26. The van der Waals surface area contributed by atoms with Crippen LogP contribution in [0.1, 0.15) is 32.1 Å². The Morgan fingerprint density at radius 1 is 1.38 bits per heavy atom. The quantitative estimate of drug-likeness (QED) is 0.554. The molecule has 2 fully saturated rings. The number of piperidine rings is 1. The lowest BCUT2D eigenvalue weighted by Gasteiger charge is -2.29. The molecule has 0 aromatic rings. The van der Waals surface area contributed by atoms with Crippen molar-refractivity contribution in [1.82, 2.24) is 4.90 Å². The lowest BCUT2D eigenvalue weighted by molar-refractivity contribution is -0.132. The van der Waals surface area contributed by atoms with Gasteiger partial charge in [0.1, 0.15) is 0 Å². The zero-order valence-corrected chi connectivity index (χ0v) is 11.2. The van der Waals surface area contributed by atoms with Crippen molar-refractivity contribution in [3.63, 3.8) is 0 Å². The molecule has 1 aliphatic heterocycles. The van der Waals surface area contributed by atoms with Gasteiger partial charge in [0, 0.05) is 26.3 Å². The van der Waals surface area contributed by atoms with Crippen molar-refractivity contribution in [3.05, 3.63) is 0 Å². The highest BCUT2D eigenvalue weighted by molar-refractivity contribution is 9.10. The Morgan fingerprint density at radius 3 is 2.94 bits per heavy atom. The number of ether oxygens (including phenoxy) is 1. The molecule has 0 N–H and O–H groups in total. The van der Waals surface area contributed by atoms with Crippen molar-refractivity contribution in [1.29, 1.82) is 0 Å². The molecule has 16 heavy (non-hydrogen) atoms. The van der Waals surface area contributed by atoms with Gasteiger partial charge in [-0.3, -0.25) is 4.79 Å². The summed E-state index contributed by atoms with van der Waals surface area (Å²) < 4.78 is 5.56. The number of hydrogen-bond donors (Lipinski definition) is 0. The Kier molecular flexibility index (Phi) is 4.65. The molecule has 0 radical (unpaired) electrons. The predicted molar refractivity (Wildman–Crippen MR) is 66.7 cm³/mol. The Labute approximate surface area is 106 Å². The fraction of sp³-hybridized carbons (Fsp3) is 0.917. The maximum absolute atomic E-state index is 11.7. The largest absolute Gasteiger partial charge is 0.381 e. The average Bonchev–Trinajstić information content (AvgIpc) is 3.07. The van der Waals surface area contributed by atoms with Crippen molar-refractivity contribution in [3.8, 4) is 0 Å². The molecule has 2 rings (SSSR count). The van der Waals surface area contributed by atoms with Crippen molar-refractivity contribution in [2.45, 2.75) is 36.9 Å². The maximum atomic E-state index is 11.7. The van der Waals surface area contributed by atoms with Crippen molar-refractivity contribution < 1.29 is 9.53 Å². The highest BCUT2D eigenvalue weighted by atomic mass is 79.9. The summed E-state index contributed by atoms with van der Waals surface area (Å²) in [7, 11) is 0. The van der Waals surface area contributed by atoms with Gasteiger partial charge in [0.15, 0.2) is 0 Å². The van der Waals surface area contributed by atoms with Crippen LogP contribution in [-0.2, 0) is 9.53 Å². The Morgan fingerprint density at radius 2 is 2.19 bits per heavy atom. The lowest BCUT2D eigenvalue weighted by atomic mass is 10.1. The van der Waals surface area contributed by atoms with Crippen LogP contribution in [-0.4, -0.2) is 41.9 Å². The zero-order valence-electron chi connectivity index (χ0n) is 9.66. The third kappa shape index (κ3) is 3.74. The van der Waals surface area contributed by atoms with Crippen LogP contribution in [0.2, 0.25) is 0 Å². The SMILES string of the molecule is O=C1C(Br)CCCN1CCCOCC1CC1. The summed E-state index contributed by atoms with van der Waals surface area (Å²) in [6.45, 7) is 3.50. The van der Waals surface area contributed by atoms with Gasteiger partial charge in [-0.1, -0.05) is 15.9 Å². The summed E-state index contributed by atoms with van der Waals surface area (Å²) in [5.74, 6) is 1.09. The van der Waals surface area contributed by atoms with E-state index in [1.54, 1.807) is 0 Å². The standard InChI is InChI=1S/C12H20BrNO2/c13-11-3-1-6-14(12(11)15)7-2-8-16-9-10-4-5-10/h10-11H,1-9H2. The second-order valence-corrected chi connectivity index (χ2v) is 5.91. The van der Waals surface area contributed by atoms with Gasteiger partial charge in [0.2, 0.25) is 5.91 Å². The smallest absolute Gasteiger partial charge is 0.236 e. The molecule has 1 saturated carbocycles. The molecule has 0 aromatic carbocycles. The molecule has 0 aromatic heterocycles. The van der Waals surface area contributed by atoms with E-state index in [0.29, 0.717) is 0 Å². The number of amides is 1. The highest BCUT2D eigenvalue weighted by Crippen LogP contribution is 2.28. The topological polar surface area (TPSA) is 29.5 Å². The van der Waals surface area contributed by atoms with Gasteiger partial charge < -0.3 is 9.64 Å². The maximum Gasteiger partial charge on any atom is 0.236 e.